The molecule has 1 heterocycles. The molecular weight excluding hydrogens is 428 g/mol. The van der Waals surface area contributed by atoms with Gasteiger partial charge in [-0.15, -0.1) is 0 Å². The van der Waals surface area contributed by atoms with Crippen LogP contribution < -0.4 is 9.47 Å². The van der Waals surface area contributed by atoms with Gasteiger partial charge in [-0.1, -0.05) is 30.3 Å². The molecule has 2 atom stereocenters. The van der Waals surface area contributed by atoms with E-state index in [-0.39, 0.29) is 11.5 Å². The molecule has 1 saturated heterocycles. The maximum atomic E-state index is 12.9. The summed E-state index contributed by atoms with van der Waals surface area (Å²) < 4.78 is 22.1. The monoisotopic (exact) mass is 446 g/mol. The summed E-state index contributed by atoms with van der Waals surface area (Å²) in [6.45, 7) is 0. The summed E-state index contributed by atoms with van der Waals surface area (Å²) in [5.41, 5.74) is 1.44. The largest absolute Gasteiger partial charge is 0.425 e. The third-order valence-corrected chi connectivity index (χ3v) is 4.82. The molecule has 0 unspecified atom stereocenters. The number of ether oxygens (including phenoxy) is 4. The lowest BCUT2D eigenvalue weighted by molar-refractivity contribution is -0.153. The van der Waals surface area contributed by atoms with E-state index in [0.29, 0.717) is 29.3 Å². The zero-order chi connectivity index (χ0) is 23.2. The molecule has 0 aliphatic carbocycles. The number of rotatable bonds is 7. The zero-order valence-electron chi connectivity index (χ0n) is 17.2. The van der Waals surface area contributed by atoms with Crippen molar-refractivity contribution in [3.8, 4) is 11.5 Å². The Balaban J connectivity index is 1.53. The molecule has 8 heteroatoms. The molecule has 0 aromatic heterocycles. The second-order valence-electron chi connectivity index (χ2n) is 7.07. The summed E-state index contributed by atoms with van der Waals surface area (Å²) in [6, 6.07) is 20.6. The van der Waals surface area contributed by atoms with Gasteiger partial charge in [-0.05, 0) is 48.5 Å². The van der Waals surface area contributed by atoms with E-state index >= 15 is 0 Å². The van der Waals surface area contributed by atoms with Crippen LogP contribution in [-0.4, -0.2) is 36.7 Å². The average Bonchev–Trinajstić information content (AvgIpc) is 3.32. The van der Waals surface area contributed by atoms with Crippen molar-refractivity contribution in [2.45, 2.75) is 18.5 Å². The van der Waals surface area contributed by atoms with E-state index in [1.54, 1.807) is 24.3 Å². The molecule has 1 aliphatic heterocycles. The Hall–Kier alpha value is -4.14. The molecule has 0 spiro atoms. The predicted molar refractivity (Wildman–Crippen MR) is 114 cm³/mol. The summed E-state index contributed by atoms with van der Waals surface area (Å²) in [4.78, 5) is 47.3. The number of hydrogen-bond donors (Lipinski definition) is 0. The fourth-order valence-electron chi connectivity index (χ4n) is 3.14. The van der Waals surface area contributed by atoms with E-state index in [1.807, 2.05) is 6.07 Å². The van der Waals surface area contributed by atoms with Crippen molar-refractivity contribution in [2.24, 2.45) is 0 Å². The normalized spacial score (nSPS) is 17.8. The first-order chi connectivity index (χ1) is 16.1. The SMILES string of the molecule is O=Cc1ccc(OC(=O)[C@@H]2OC(c3ccccc3)O[C@H]2C(=O)Oc2ccc(C=O)cc2)cc1. The molecule has 0 radical (unpaired) electrons. The summed E-state index contributed by atoms with van der Waals surface area (Å²) in [6.07, 6.45) is -2.46. The van der Waals surface area contributed by atoms with Crippen molar-refractivity contribution in [1.29, 1.82) is 0 Å². The minimum Gasteiger partial charge on any atom is -0.425 e. The second-order valence-corrected chi connectivity index (χ2v) is 7.07. The van der Waals surface area contributed by atoms with Crippen LogP contribution in [0, 0.1) is 0 Å². The number of esters is 2. The average molecular weight is 446 g/mol. The first kappa shape index (κ1) is 22.1. The smallest absolute Gasteiger partial charge is 0.344 e. The molecule has 0 N–H and O–H groups in total. The molecule has 0 bridgehead atoms. The van der Waals surface area contributed by atoms with E-state index in [4.69, 9.17) is 18.9 Å². The summed E-state index contributed by atoms with van der Waals surface area (Å²) in [5.74, 6) is -1.36. The molecule has 166 valence electrons. The number of aldehydes is 2. The molecule has 3 aromatic rings. The van der Waals surface area contributed by atoms with Crippen molar-refractivity contribution >= 4 is 24.5 Å². The van der Waals surface area contributed by atoms with Crippen molar-refractivity contribution in [1.82, 2.24) is 0 Å². The van der Waals surface area contributed by atoms with E-state index in [0.717, 1.165) is 0 Å². The third-order valence-electron chi connectivity index (χ3n) is 4.82. The Morgan fingerprint density at radius 3 is 1.45 bits per heavy atom. The Morgan fingerprint density at radius 2 is 1.06 bits per heavy atom. The fraction of sp³-hybridized carbons (Fsp3) is 0.120. The van der Waals surface area contributed by atoms with Crippen molar-refractivity contribution < 1.29 is 38.1 Å². The number of carbonyl (C=O) groups is 4. The lowest BCUT2D eigenvalue weighted by Crippen LogP contribution is -2.41. The Bertz CT molecular complexity index is 1070. The molecular formula is C25H18O8. The van der Waals surface area contributed by atoms with E-state index in [9.17, 15) is 19.2 Å². The number of carbonyl (C=O) groups excluding carboxylic acids is 4. The number of hydrogen-bond acceptors (Lipinski definition) is 8. The van der Waals surface area contributed by atoms with E-state index < -0.39 is 30.4 Å². The van der Waals surface area contributed by atoms with Gasteiger partial charge < -0.3 is 18.9 Å². The highest BCUT2D eigenvalue weighted by Crippen LogP contribution is 2.33. The van der Waals surface area contributed by atoms with E-state index in [1.165, 1.54) is 48.5 Å². The van der Waals surface area contributed by atoms with Crippen molar-refractivity contribution in [3.63, 3.8) is 0 Å². The third kappa shape index (κ3) is 5.20. The number of benzene rings is 3. The van der Waals surface area contributed by atoms with Crippen LogP contribution in [0.3, 0.4) is 0 Å². The second kappa shape index (κ2) is 9.99. The molecule has 4 rings (SSSR count). The topological polar surface area (TPSA) is 105 Å². The molecule has 8 nitrogen and oxygen atoms in total. The van der Waals surface area contributed by atoms with Gasteiger partial charge in [0.25, 0.3) is 0 Å². The lowest BCUT2D eigenvalue weighted by Gasteiger charge is -2.15. The Labute approximate surface area is 188 Å². The Morgan fingerprint density at radius 1 is 0.636 bits per heavy atom. The molecule has 1 fully saturated rings. The quantitative estimate of drug-likeness (QED) is 0.309. The predicted octanol–water partition coefficient (Wildman–Crippen LogP) is 3.31. The maximum Gasteiger partial charge on any atom is 0.344 e. The standard InChI is InChI=1S/C25H18O8/c26-14-16-6-10-19(11-7-16)30-23(28)21-22(33-25(32-21)18-4-2-1-3-5-18)24(29)31-20-12-8-17(15-27)9-13-20/h1-15,21-22,25H/t21-,22-/m1/s1. The maximum absolute atomic E-state index is 12.9. The van der Waals surface area contributed by atoms with Gasteiger partial charge in [0.15, 0.2) is 18.5 Å². The van der Waals surface area contributed by atoms with Crippen LogP contribution >= 0.6 is 0 Å². The first-order valence-corrected chi connectivity index (χ1v) is 9.97. The van der Waals surface area contributed by atoms with Gasteiger partial charge in [0, 0.05) is 16.7 Å². The van der Waals surface area contributed by atoms with Gasteiger partial charge >= 0.3 is 11.9 Å². The molecule has 1 aliphatic rings. The van der Waals surface area contributed by atoms with Crippen LogP contribution in [-0.2, 0) is 19.1 Å². The van der Waals surface area contributed by atoms with E-state index in [2.05, 4.69) is 0 Å². The minimum atomic E-state index is -1.40. The molecule has 0 saturated carbocycles. The van der Waals surface area contributed by atoms with Crippen molar-refractivity contribution in [3.05, 3.63) is 95.6 Å². The highest BCUT2D eigenvalue weighted by atomic mass is 16.8. The van der Waals surface area contributed by atoms with Crippen LogP contribution in [0.15, 0.2) is 78.9 Å². The van der Waals surface area contributed by atoms with Crippen LogP contribution in [0.1, 0.15) is 32.6 Å². The van der Waals surface area contributed by atoms with Gasteiger partial charge in [-0.2, -0.15) is 0 Å². The van der Waals surface area contributed by atoms with Crippen LogP contribution in [0.2, 0.25) is 0 Å². The molecule has 3 aromatic carbocycles. The summed E-state index contributed by atoms with van der Waals surface area (Å²) in [5, 5.41) is 0. The fourth-order valence-corrected chi connectivity index (χ4v) is 3.14. The van der Waals surface area contributed by atoms with Gasteiger partial charge in [-0.3, -0.25) is 9.59 Å². The Kier molecular flexibility index (Phi) is 6.68. The van der Waals surface area contributed by atoms with Crippen LogP contribution in [0.4, 0.5) is 0 Å². The van der Waals surface area contributed by atoms with Gasteiger partial charge in [-0.25, -0.2) is 9.59 Å². The summed E-state index contributed by atoms with van der Waals surface area (Å²) >= 11 is 0. The van der Waals surface area contributed by atoms with Crippen molar-refractivity contribution in [2.75, 3.05) is 0 Å². The van der Waals surface area contributed by atoms with Gasteiger partial charge in [0.2, 0.25) is 0 Å². The molecule has 0 amide bonds. The van der Waals surface area contributed by atoms with Gasteiger partial charge in [0.1, 0.15) is 24.1 Å². The highest BCUT2D eigenvalue weighted by molar-refractivity contribution is 5.88. The minimum absolute atomic E-state index is 0.175. The van der Waals surface area contributed by atoms with Crippen LogP contribution in [0.25, 0.3) is 0 Å². The highest BCUT2D eigenvalue weighted by Gasteiger charge is 2.48. The lowest BCUT2D eigenvalue weighted by atomic mass is 10.2. The first-order valence-electron chi connectivity index (χ1n) is 9.97. The molecule has 33 heavy (non-hydrogen) atoms. The zero-order valence-corrected chi connectivity index (χ0v) is 17.2. The van der Waals surface area contributed by atoms with Crippen LogP contribution in [0.5, 0.6) is 11.5 Å². The van der Waals surface area contributed by atoms with Gasteiger partial charge in [0.05, 0.1) is 0 Å². The summed E-state index contributed by atoms with van der Waals surface area (Å²) in [7, 11) is 0.